The van der Waals surface area contributed by atoms with Gasteiger partial charge in [0.15, 0.2) is 0 Å². The molecule has 0 saturated carbocycles. The lowest BCUT2D eigenvalue weighted by atomic mass is 9.84. The Labute approximate surface area is 215 Å². The van der Waals surface area contributed by atoms with Crippen LogP contribution in [0.2, 0.25) is 0 Å². The van der Waals surface area contributed by atoms with E-state index in [4.69, 9.17) is 4.74 Å². The molecule has 1 amide bonds. The van der Waals surface area contributed by atoms with Crippen molar-refractivity contribution in [2.24, 2.45) is 0 Å². The third-order valence-electron chi connectivity index (χ3n) is 6.75. The number of pyridine rings is 1. The fourth-order valence-corrected chi connectivity index (χ4v) is 5.89. The van der Waals surface area contributed by atoms with Crippen LogP contribution in [0.5, 0.6) is 5.75 Å². The number of nitrogens with one attached hydrogen (secondary N) is 1. The minimum Gasteiger partial charge on any atom is -0.497 e. The van der Waals surface area contributed by atoms with Gasteiger partial charge in [0.25, 0.3) is 15.9 Å². The second-order valence-corrected chi connectivity index (χ2v) is 10.7. The summed E-state index contributed by atoms with van der Waals surface area (Å²) in [6.45, 7) is 0.796. The first-order valence-corrected chi connectivity index (χ1v) is 13.4. The number of rotatable bonds is 6. The average Bonchev–Trinajstić information content (AvgIpc) is 2.93. The molecule has 190 valence electrons. The summed E-state index contributed by atoms with van der Waals surface area (Å²) in [5.41, 5.74) is 0.932. The summed E-state index contributed by atoms with van der Waals surface area (Å²) in [7, 11) is -2.30. The average molecular weight is 518 g/mol. The Hall–Kier alpha value is -3.95. The van der Waals surface area contributed by atoms with Gasteiger partial charge in [0.2, 0.25) is 0 Å². The number of piperidine rings is 1. The number of amides is 1. The number of likely N-dealkylation sites (tertiary alicyclic amines) is 1. The minimum atomic E-state index is -3.88. The van der Waals surface area contributed by atoms with Gasteiger partial charge in [-0.05, 0) is 66.9 Å². The van der Waals surface area contributed by atoms with E-state index in [1.807, 2.05) is 24.3 Å². The Morgan fingerprint density at radius 2 is 1.70 bits per heavy atom. The first-order valence-electron chi connectivity index (χ1n) is 11.9. The molecule has 1 aliphatic rings. The number of para-hydroxylation sites is 1. The predicted octanol–water partition coefficient (Wildman–Crippen LogP) is 4.17. The maximum Gasteiger partial charge on any atom is 0.264 e. The summed E-state index contributed by atoms with van der Waals surface area (Å²) >= 11 is 0. The second kappa shape index (κ2) is 9.84. The van der Waals surface area contributed by atoms with E-state index in [0.29, 0.717) is 48.4 Å². The zero-order valence-corrected chi connectivity index (χ0v) is 21.1. The number of sulfonamides is 1. The van der Waals surface area contributed by atoms with E-state index in [0.717, 1.165) is 10.9 Å². The fourth-order valence-electron chi connectivity index (χ4n) is 4.65. The number of anilines is 1. The number of hydrogen-bond donors (Lipinski definition) is 2. The van der Waals surface area contributed by atoms with Crippen LogP contribution in [0.15, 0.2) is 90.0 Å². The number of hydrogen-bond acceptors (Lipinski definition) is 6. The van der Waals surface area contributed by atoms with Gasteiger partial charge in [-0.25, -0.2) is 8.42 Å². The van der Waals surface area contributed by atoms with Gasteiger partial charge < -0.3 is 14.7 Å². The highest BCUT2D eigenvalue weighted by Gasteiger charge is 2.36. The third kappa shape index (κ3) is 5.00. The molecule has 8 nitrogen and oxygen atoms in total. The maximum absolute atomic E-state index is 13.1. The third-order valence-corrected chi connectivity index (χ3v) is 8.17. The molecule has 37 heavy (non-hydrogen) atoms. The molecule has 1 fully saturated rings. The van der Waals surface area contributed by atoms with E-state index in [-0.39, 0.29) is 10.8 Å². The van der Waals surface area contributed by atoms with Crippen molar-refractivity contribution in [3.05, 3.63) is 96.2 Å². The summed E-state index contributed by atoms with van der Waals surface area (Å²) < 4.78 is 33.9. The molecule has 2 heterocycles. The molecule has 1 aromatic heterocycles. The van der Waals surface area contributed by atoms with Gasteiger partial charge in [0, 0.05) is 35.9 Å². The van der Waals surface area contributed by atoms with E-state index in [1.165, 1.54) is 6.07 Å². The molecule has 0 radical (unpaired) electrons. The second-order valence-electron chi connectivity index (χ2n) is 9.07. The first kappa shape index (κ1) is 24.7. The SMILES string of the molecule is COc1cccc(C2(O)CCN(C(=O)c3ccc(NS(=O)(=O)c4cccc5cccnc45)cc3)CC2)c1. The van der Waals surface area contributed by atoms with Crippen LogP contribution in [0.4, 0.5) is 5.69 Å². The highest BCUT2D eigenvalue weighted by molar-refractivity contribution is 7.93. The zero-order valence-electron chi connectivity index (χ0n) is 20.3. The number of benzene rings is 3. The van der Waals surface area contributed by atoms with Crippen LogP contribution < -0.4 is 9.46 Å². The van der Waals surface area contributed by atoms with Crippen LogP contribution >= 0.6 is 0 Å². The Morgan fingerprint density at radius 1 is 1.00 bits per heavy atom. The standard InChI is InChI=1S/C28H27N3O5S/c1-36-24-8-3-7-22(19-24)28(33)14-17-31(18-15-28)27(32)21-10-12-23(13-11-21)30-37(34,35)25-9-2-5-20-6-4-16-29-26(20)25/h2-13,16,19,30,33H,14-15,17-18H2,1H3. The Kier molecular flexibility index (Phi) is 6.57. The molecule has 3 aromatic carbocycles. The molecule has 2 N–H and O–H groups in total. The van der Waals surface area contributed by atoms with Crippen LogP contribution in [0, 0.1) is 0 Å². The Balaban J connectivity index is 1.26. The molecule has 1 saturated heterocycles. The number of nitrogens with zero attached hydrogens (tertiary/aromatic N) is 2. The van der Waals surface area contributed by atoms with Gasteiger partial charge in [-0.2, -0.15) is 0 Å². The van der Waals surface area contributed by atoms with Crippen LogP contribution in [-0.2, 0) is 15.6 Å². The molecule has 0 aliphatic carbocycles. The number of ether oxygens (including phenoxy) is 1. The lowest BCUT2D eigenvalue weighted by Crippen LogP contribution is -2.45. The highest BCUT2D eigenvalue weighted by Crippen LogP contribution is 2.35. The summed E-state index contributed by atoms with van der Waals surface area (Å²) in [5.74, 6) is 0.511. The number of aromatic nitrogens is 1. The summed E-state index contributed by atoms with van der Waals surface area (Å²) in [5, 5.41) is 11.9. The lowest BCUT2D eigenvalue weighted by molar-refractivity contribution is -0.0212. The smallest absolute Gasteiger partial charge is 0.264 e. The van der Waals surface area contributed by atoms with Crippen LogP contribution in [0.3, 0.4) is 0 Å². The number of carbonyl (C=O) groups is 1. The van der Waals surface area contributed by atoms with E-state index < -0.39 is 15.6 Å². The number of aliphatic hydroxyl groups is 1. The van der Waals surface area contributed by atoms with Crippen LogP contribution in [0.1, 0.15) is 28.8 Å². The minimum absolute atomic E-state index is 0.0857. The van der Waals surface area contributed by atoms with E-state index >= 15 is 0 Å². The van der Waals surface area contributed by atoms with Gasteiger partial charge in [0.1, 0.15) is 10.6 Å². The van der Waals surface area contributed by atoms with Crippen LogP contribution in [-0.4, -0.2) is 49.5 Å². The lowest BCUT2D eigenvalue weighted by Gasteiger charge is -2.38. The van der Waals surface area contributed by atoms with Crippen molar-refractivity contribution in [3.63, 3.8) is 0 Å². The maximum atomic E-state index is 13.1. The topological polar surface area (TPSA) is 109 Å². The molecule has 0 unspecified atom stereocenters. The summed E-state index contributed by atoms with van der Waals surface area (Å²) in [6.07, 6.45) is 2.37. The van der Waals surface area contributed by atoms with Crippen molar-refractivity contribution >= 4 is 32.5 Å². The molecule has 4 aromatic rings. The highest BCUT2D eigenvalue weighted by atomic mass is 32.2. The van der Waals surface area contributed by atoms with Crippen molar-refractivity contribution < 1.29 is 23.1 Å². The van der Waals surface area contributed by atoms with Crippen molar-refractivity contribution in [1.82, 2.24) is 9.88 Å². The first-order chi connectivity index (χ1) is 17.8. The molecule has 9 heteroatoms. The van der Waals surface area contributed by atoms with Gasteiger partial charge >= 0.3 is 0 Å². The van der Waals surface area contributed by atoms with E-state index in [2.05, 4.69) is 9.71 Å². The molecule has 5 rings (SSSR count). The van der Waals surface area contributed by atoms with Gasteiger partial charge in [-0.1, -0.05) is 30.3 Å². The Morgan fingerprint density at radius 3 is 2.43 bits per heavy atom. The number of fused-ring (bicyclic) bond motifs is 1. The van der Waals surface area contributed by atoms with E-state index in [1.54, 1.807) is 66.7 Å². The normalized spacial score (nSPS) is 15.4. The molecule has 0 bridgehead atoms. The van der Waals surface area contributed by atoms with Crippen LogP contribution in [0.25, 0.3) is 10.9 Å². The summed E-state index contributed by atoms with van der Waals surface area (Å²) in [4.78, 5) is 19.1. The van der Waals surface area contributed by atoms with Crippen molar-refractivity contribution in [1.29, 1.82) is 0 Å². The summed E-state index contributed by atoms with van der Waals surface area (Å²) in [6, 6.07) is 22.3. The Bertz CT molecular complexity index is 1540. The predicted molar refractivity (Wildman–Crippen MR) is 141 cm³/mol. The van der Waals surface area contributed by atoms with Crippen molar-refractivity contribution in [2.75, 3.05) is 24.9 Å². The van der Waals surface area contributed by atoms with Crippen molar-refractivity contribution in [2.45, 2.75) is 23.3 Å². The van der Waals surface area contributed by atoms with Crippen molar-refractivity contribution in [3.8, 4) is 5.75 Å². The number of carbonyl (C=O) groups excluding carboxylic acids is 1. The molecular weight excluding hydrogens is 490 g/mol. The monoisotopic (exact) mass is 517 g/mol. The fraction of sp³-hybridized carbons (Fsp3) is 0.214. The van der Waals surface area contributed by atoms with Gasteiger partial charge in [-0.15, -0.1) is 0 Å². The molecular formula is C28H27N3O5S. The van der Waals surface area contributed by atoms with Gasteiger partial charge in [-0.3, -0.25) is 14.5 Å². The molecule has 0 atom stereocenters. The van der Waals surface area contributed by atoms with E-state index in [9.17, 15) is 18.3 Å². The largest absolute Gasteiger partial charge is 0.497 e. The quantitative estimate of drug-likeness (QED) is 0.397. The molecule has 0 spiro atoms. The molecule has 1 aliphatic heterocycles. The van der Waals surface area contributed by atoms with Gasteiger partial charge in [0.05, 0.1) is 18.2 Å². The zero-order chi connectivity index (χ0) is 26.0. The number of methoxy groups -OCH3 is 1.